The third-order valence-electron chi connectivity index (χ3n) is 7.22. The Labute approximate surface area is 165 Å². The van der Waals surface area contributed by atoms with Crippen LogP contribution in [0.3, 0.4) is 0 Å². The maximum Gasteiger partial charge on any atom is 0.271 e. The van der Waals surface area contributed by atoms with Crippen molar-refractivity contribution in [2.24, 2.45) is 11.8 Å². The number of hydrogen-bond acceptors (Lipinski definition) is 5. The third-order valence-corrected chi connectivity index (χ3v) is 7.22. The minimum Gasteiger partial charge on any atom is -0.349 e. The topological polar surface area (TPSA) is 82.5 Å². The van der Waals surface area contributed by atoms with E-state index < -0.39 is 0 Å². The van der Waals surface area contributed by atoms with Crippen LogP contribution in [0.15, 0.2) is 6.07 Å². The SMILES string of the molecule is CN1CCn2nc(C(=O)NC[C@H]3[C@@H]4CNC[C@@H](C4)[C@@H]4CCCCN43)cc2C1=O. The summed E-state index contributed by atoms with van der Waals surface area (Å²) in [6.45, 7) is 5.25. The van der Waals surface area contributed by atoms with Gasteiger partial charge in [-0.1, -0.05) is 6.42 Å². The quantitative estimate of drug-likeness (QED) is 0.773. The molecule has 0 aromatic carbocycles. The van der Waals surface area contributed by atoms with Crippen LogP contribution >= 0.6 is 0 Å². The van der Waals surface area contributed by atoms with Gasteiger partial charge in [0, 0.05) is 38.3 Å². The van der Waals surface area contributed by atoms with Crippen LogP contribution in [0.4, 0.5) is 0 Å². The first kappa shape index (κ1) is 18.1. The maximum absolute atomic E-state index is 12.8. The van der Waals surface area contributed by atoms with Crippen molar-refractivity contribution >= 4 is 11.8 Å². The predicted molar refractivity (Wildman–Crippen MR) is 104 cm³/mol. The summed E-state index contributed by atoms with van der Waals surface area (Å²) < 4.78 is 1.66. The molecule has 2 bridgehead atoms. The summed E-state index contributed by atoms with van der Waals surface area (Å²) in [5.41, 5.74) is 0.858. The molecule has 4 atom stereocenters. The van der Waals surface area contributed by atoms with Crippen LogP contribution < -0.4 is 10.6 Å². The monoisotopic (exact) mass is 386 g/mol. The van der Waals surface area contributed by atoms with Gasteiger partial charge >= 0.3 is 0 Å². The van der Waals surface area contributed by atoms with E-state index in [9.17, 15) is 9.59 Å². The van der Waals surface area contributed by atoms with Gasteiger partial charge in [-0.25, -0.2) is 0 Å². The molecule has 0 saturated carbocycles. The van der Waals surface area contributed by atoms with Crippen LogP contribution in [0, 0.1) is 11.8 Å². The maximum atomic E-state index is 12.8. The minimum atomic E-state index is -0.170. The highest BCUT2D eigenvalue weighted by Gasteiger charge is 2.45. The standard InChI is InChI=1S/C20H30N6O2/c1-24-6-7-26-17(20(24)28)9-15(23-26)19(27)22-12-18-14-8-13(10-21-11-14)16-4-2-3-5-25(16)18/h9,13-14,16,18,21H,2-8,10-12H2,1H3,(H,22,27)/t13-,14+,16+,18+/m1/s1. The Balaban J connectivity index is 1.28. The molecule has 5 rings (SSSR count). The average molecular weight is 387 g/mol. The number of amides is 2. The Morgan fingerprint density at radius 2 is 2.11 bits per heavy atom. The van der Waals surface area contributed by atoms with E-state index in [0.717, 1.165) is 25.6 Å². The van der Waals surface area contributed by atoms with Gasteiger partial charge in [0.05, 0.1) is 6.54 Å². The molecule has 8 nitrogen and oxygen atoms in total. The molecule has 4 aliphatic heterocycles. The van der Waals surface area contributed by atoms with Gasteiger partial charge in [0.1, 0.15) is 5.69 Å². The largest absolute Gasteiger partial charge is 0.349 e. The molecular formula is C20H30N6O2. The Hall–Kier alpha value is -1.93. The van der Waals surface area contributed by atoms with Crippen molar-refractivity contribution in [3.8, 4) is 0 Å². The molecule has 152 valence electrons. The van der Waals surface area contributed by atoms with Gasteiger partial charge in [0.25, 0.3) is 11.8 Å². The number of nitrogens with one attached hydrogen (secondary N) is 2. The van der Waals surface area contributed by atoms with Gasteiger partial charge in [0.15, 0.2) is 5.69 Å². The van der Waals surface area contributed by atoms with Crippen LogP contribution in [0.1, 0.15) is 46.7 Å². The molecule has 5 heterocycles. The van der Waals surface area contributed by atoms with Gasteiger partial charge in [-0.3, -0.25) is 19.2 Å². The Morgan fingerprint density at radius 1 is 1.25 bits per heavy atom. The number of rotatable bonds is 3. The third kappa shape index (κ3) is 3.03. The second-order valence-electron chi connectivity index (χ2n) is 8.86. The van der Waals surface area contributed by atoms with E-state index >= 15 is 0 Å². The Morgan fingerprint density at radius 3 is 3.00 bits per heavy atom. The first-order valence-electron chi connectivity index (χ1n) is 10.7. The number of aromatic nitrogens is 2. The normalized spacial score (nSPS) is 32.6. The number of hydrogen-bond donors (Lipinski definition) is 2. The van der Waals surface area contributed by atoms with Crippen LogP contribution in [0.2, 0.25) is 0 Å². The van der Waals surface area contributed by atoms with E-state index in [1.165, 1.54) is 25.7 Å². The van der Waals surface area contributed by atoms with Gasteiger partial charge in [-0.05, 0) is 50.7 Å². The van der Waals surface area contributed by atoms with Crippen molar-refractivity contribution in [1.29, 1.82) is 0 Å². The summed E-state index contributed by atoms with van der Waals surface area (Å²) in [5, 5.41) is 11.1. The molecule has 4 aliphatic rings. The number of likely N-dealkylation sites (N-methyl/N-ethyl adjacent to an activating group) is 1. The zero-order valence-corrected chi connectivity index (χ0v) is 16.6. The minimum absolute atomic E-state index is 0.0689. The molecule has 3 saturated heterocycles. The first-order valence-corrected chi connectivity index (χ1v) is 10.7. The lowest BCUT2D eigenvalue weighted by Crippen LogP contribution is -2.65. The van der Waals surface area contributed by atoms with E-state index in [1.54, 1.807) is 22.7 Å². The summed E-state index contributed by atoms with van der Waals surface area (Å²) in [6.07, 6.45) is 5.14. The van der Waals surface area contributed by atoms with Crippen molar-refractivity contribution in [3.05, 3.63) is 17.5 Å². The van der Waals surface area contributed by atoms with Gasteiger partial charge in [-0.15, -0.1) is 0 Å². The van der Waals surface area contributed by atoms with Gasteiger partial charge in [0.2, 0.25) is 0 Å². The average Bonchev–Trinajstić information content (AvgIpc) is 3.16. The van der Waals surface area contributed by atoms with Crippen molar-refractivity contribution in [3.63, 3.8) is 0 Å². The first-order chi connectivity index (χ1) is 13.6. The lowest BCUT2D eigenvalue weighted by molar-refractivity contribution is -0.0371. The molecular weight excluding hydrogens is 356 g/mol. The highest BCUT2D eigenvalue weighted by Crippen LogP contribution is 2.38. The number of fused-ring (bicyclic) bond motifs is 5. The molecule has 2 amide bonds. The van der Waals surface area contributed by atoms with Crippen molar-refractivity contribution < 1.29 is 9.59 Å². The van der Waals surface area contributed by atoms with E-state index in [0.29, 0.717) is 49.0 Å². The summed E-state index contributed by atoms with van der Waals surface area (Å²) in [5.74, 6) is 1.12. The Kier molecular flexibility index (Phi) is 4.63. The smallest absolute Gasteiger partial charge is 0.271 e. The fourth-order valence-electron chi connectivity index (χ4n) is 5.75. The van der Waals surface area contributed by atoms with Crippen LogP contribution in [0.25, 0.3) is 0 Å². The highest BCUT2D eigenvalue weighted by molar-refractivity contribution is 5.98. The van der Waals surface area contributed by atoms with E-state index in [4.69, 9.17) is 0 Å². The molecule has 1 aromatic rings. The molecule has 2 N–H and O–H groups in total. The zero-order chi connectivity index (χ0) is 19.3. The van der Waals surface area contributed by atoms with E-state index in [2.05, 4.69) is 20.6 Å². The molecule has 3 fully saturated rings. The van der Waals surface area contributed by atoms with Gasteiger partial charge in [-0.2, -0.15) is 5.10 Å². The lowest BCUT2D eigenvalue weighted by atomic mass is 9.73. The molecule has 0 aliphatic carbocycles. The molecule has 8 heteroatoms. The number of nitrogens with zero attached hydrogens (tertiary/aromatic N) is 4. The fraction of sp³-hybridized carbons (Fsp3) is 0.750. The van der Waals surface area contributed by atoms with Gasteiger partial charge < -0.3 is 15.5 Å². The second kappa shape index (κ2) is 7.15. The lowest BCUT2D eigenvalue weighted by Gasteiger charge is -2.55. The van der Waals surface area contributed by atoms with E-state index in [-0.39, 0.29) is 11.8 Å². The van der Waals surface area contributed by atoms with Crippen molar-refractivity contribution in [1.82, 2.24) is 30.2 Å². The second-order valence-corrected chi connectivity index (χ2v) is 8.86. The van der Waals surface area contributed by atoms with Crippen molar-refractivity contribution in [2.45, 2.75) is 44.3 Å². The molecule has 0 radical (unpaired) electrons. The molecule has 0 spiro atoms. The zero-order valence-electron chi connectivity index (χ0n) is 16.6. The summed E-state index contributed by atoms with van der Waals surface area (Å²) >= 11 is 0. The number of piperidine rings is 3. The summed E-state index contributed by atoms with van der Waals surface area (Å²) in [7, 11) is 1.78. The highest BCUT2D eigenvalue weighted by atomic mass is 16.2. The predicted octanol–water partition coefficient (Wildman–Crippen LogP) is 0.161. The molecule has 1 aromatic heterocycles. The van der Waals surface area contributed by atoms with Crippen LogP contribution in [-0.4, -0.2) is 83.2 Å². The molecule has 0 unspecified atom stereocenters. The number of carbonyl (C=O) groups excluding carboxylic acids is 2. The van der Waals surface area contributed by atoms with Crippen LogP contribution in [0.5, 0.6) is 0 Å². The molecule has 28 heavy (non-hydrogen) atoms. The Bertz CT molecular complexity index is 777. The fourth-order valence-corrected chi connectivity index (χ4v) is 5.75. The van der Waals surface area contributed by atoms with Crippen LogP contribution in [-0.2, 0) is 6.54 Å². The summed E-state index contributed by atoms with van der Waals surface area (Å²) in [4.78, 5) is 29.4. The van der Waals surface area contributed by atoms with Crippen molar-refractivity contribution in [2.75, 3.05) is 39.8 Å². The summed E-state index contributed by atoms with van der Waals surface area (Å²) in [6, 6.07) is 2.69. The van der Waals surface area contributed by atoms with E-state index in [1.807, 2.05) is 0 Å². The number of carbonyl (C=O) groups is 2.